The van der Waals surface area contributed by atoms with Crippen LogP contribution in [-0.4, -0.2) is 61.6 Å². The van der Waals surface area contributed by atoms with E-state index in [0.717, 1.165) is 71.5 Å². The van der Waals surface area contributed by atoms with Gasteiger partial charge in [0.25, 0.3) is 0 Å². The predicted molar refractivity (Wildman–Crippen MR) is 74.6 cm³/mol. The Morgan fingerprint density at radius 1 is 1.22 bits per heavy atom. The van der Waals surface area contributed by atoms with E-state index in [1.54, 1.807) is 0 Å². The molecule has 0 radical (unpaired) electrons. The lowest BCUT2D eigenvalue weighted by atomic mass is 10.3. The van der Waals surface area contributed by atoms with Crippen LogP contribution in [0.25, 0.3) is 0 Å². The lowest BCUT2D eigenvalue weighted by Crippen LogP contribution is -2.42. The quantitative estimate of drug-likeness (QED) is 0.693. The molecule has 18 heavy (non-hydrogen) atoms. The zero-order valence-electron chi connectivity index (χ0n) is 11.7. The molecule has 0 spiro atoms. The summed E-state index contributed by atoms with van der Waals surface area (Å²) in [6.45, 7) is 8.50. The minimum Gasteiger partial charge on any atom is -0.338 e. The van der Waals surface area contributed by atoms with Gasteiger partial charge in [-0.2, -0.15) is 0 Å². The summed E-state index contributed by atoms with van der Waals surface area (Å²) in [5, 5.41) is 2.99. The molecule has 1 saturated heterocycles. The van der Waals surface area contributed by atoms with E-state index in [-0.39, 0.29) is 6.03 Å². The van der Waals surface area contributed by atoms with Crippen LogP contribution in [0.15, 0.2) is 0 Å². The third-order valence-electron chi connectivity index (χ3n) is 3.36. The van der Waals surface area contributed by atoms with E-state index in [4.69, 9.17) is 5.73 Å². The van der Waals surface area contributed by atoms with Crippen LogP contribution in [0.2, 0.25) is 0 Å². The van der Waals surface area contributed by atoms with E-state index < -0.39 is 0 Å². The number of nitrogens with two attached hydrogens (primary N) is 1. The van der Waals surface area contributed by atoms with E-state index in [0.29, 0.717) is 0 Å². The Hall–Kier alpha value is -0.810. The largest absolute Gasteiger partial charge is 0.338 e. The number of hydrogen-bond acceptors (Lipinski definition) is 3. The molecular formula is C13H28N4O. The second kappa shape index (κ2) is 9.16. The maximum Gasteiger partial charge on any atom is 0.317 e. The van der Waals surface area contributed by atoms with Crippen LogP contribution in [0.4, 0.5) is 4.79 Å². The summed E-state index contributed by atoms with van der Waals surface area (Å²) in [7, 11) is 0. The van der Waals surface area contributed by atoms with Gasteiger partial charge in [0, 0.05) is 26.2 Å². The Labute approximate surface area is 111 Å². The molecule has 1 fully saturated rings. The van der Waals surface area contributed by atoms with E-state index >= 15 is 0 Å². The maximum atomic E-state index is 11.9. The van der Waals surface area contributed by atoms with Crippen LogP contribution in [0.3, 0.4) is 0 Å². The molecule has 3 N–H and O–H groups in total. The lowest BCUT2D eigenvalue weighted by Gasteiger charge is -2.22. The van der Waals surface area contributed by atoms with Gasteiger partial charge < -0.3 is 20.9 Å². The number of rotatable bonds is 6. The molecule has 106 valence electrons. The van der Waals surface area contributed by atoms with Gasteiger partial charge in [-0.15, -0.1) is 0 Å². The second-order valence-corrected chi connectivity index (χ2v) is 4.91. The van der Waals surface area contributed by atoms with Gasteiger partial charge in [-0.1, -0.05) is 13.3 Å². The molecule has 5 nitrogen and oxygen atoms in total. The Morgan fingerprint density at radius 3 is 2.78 bits per heavy atom. The van der Waals surface area contributed by atoms with Crippen molar-refractivity contribution in [3.05, 3.63) is 0 Å². The lowest BCUT2D eigenvalue weighted by molar-refractivity contribution is 0.198. The highest BCUT2D eigenvalue weighted by atomic mass is 16.2. The molecule has 1 aliphatic rings. The molecule has 5 heteroatoms. The fourth-order valence-electron chi connectivity index (χ4n) is 2.20. The third kappa shape index (κ3) is 5.69. The number of carbonyl (C=O) groups excluding carboxylic acids is 1. The number of hydrogen-bond donors (Lipinski definition) is 2. The van der Waals surface area contributed by atoms with Crippen molar-refractivity contribution >= 4 is 6.03 Å². The molecule has 2 amide bonds. The van der Waals surface area contributed by atoms with Crippen LogP contribution in [0, 0.1) is 0 Å². The minimum atomic E-state index is 0.101. The van der Waals surface area contributed by atoms with Gasteiger partial charge in [-0.05, 0) is 38.9 Å². The van der Waals surface area contributed by atoms with E-state index in [1.165, 1.54) is 0 Å². The summed E-state index contributed by atoms with van der Waals surface area (Å²) in [6, 6.07) is 0.101. The van der Waals surface area contributed by atoms with Crippen molar-refractivity contribution in [3.8, 4) is 0 Å². The second-order valence-electron chi connectivity index (χ2n) is 4.91. The summed E-state index contributed by atoms with van der Waals surface area (Å²) in [4.78, 5) is 16.3. The summed E-state index contributed by atoms with van der Waals surface area (Å²) in [5.74, 6) is 0. The van der Waals surface area contributed by atoms with Crippen LogP contribution in [0.1, 0.15) is 32.6 Å². The molecule has 0 aromatic heterocycles. The first-order chi connectivity index (χ1) is 8.77. The Kier molecular flexibility index (Phi) is 7.76. The molecule has 1 rings (SSSR count). The SMILES string of the molecule is CCCCNC(=O)N1CCCN(CCCN)CC1. The van der Waals surface area contributed by atoms with Gasteiger partial charge in [0.1, 0.15) is 0 Å². The van der Waals surface area contributed by atoms with Gasteiger partial charge in [-0.25, -0.2) is 4.79 Å². The number of nitrogens with one attached hydrogen (secondary N) is 1. The van der Waals surface area contributed by atoms with Gasteiger partial charge in [-0.3, -0.25) is 0 Å². The van der Waals surface area contributed by atoms with Crippen molar-refractivity contribution in [2.75, 3.05) is 45.8 Å². The van der Waals surface area contributed by atoms with Gasteiger partial charge in [0.2, 0.25) is 0 Å². The summed E-state index contributed by atoms with van der Waals surface area (Å²) >= 11 is 0. The molecule has 0 aliphatic carbocycles. The van der Waals surface area contributed by atoms with Gasteiger partial charge in [0.05, 0.1) is 0 Å². The van der Waals surface area contributed by atoms with Crippen molar-refractivity contribution in [1.29, 1.82) is 0 Å². The third-order valence-corrected chi connectivity index (χ3v) is 3.36. The first-order valence-electron chi connectivity index (χ1n) is 7.23. The van der Waals surface area contributed by atoms with Crippen molar-refractivity contribution < 1.29 is 4.79 Å². The molecule has 0 saturated carbocycles. The van der Waals surface area contributed by atoms with E-state index in [1.807, 2.05) is 4.90 Å². The van der Waals surface area contributed by atoms with E-state index in [9.17, 15) is 4.79 Å². The standard InChI is InChI=1S/C13H28N4O/c1-2-3-7-15-13(18)17-10-5-9-16(11-12-17)8-4-6-14/h2-12,14H2,1H3,(H,15,18). The summed E-state index contributed by atoms with van der Waals surface area (Å²) in [6.07, 6.45) is 4.28. The van der Waals surface area contributed by atoms with Crippen LogP contribution in [0.5, 0.6) is 0 Å². The highest BCUT2D eigenvalue weighted by Gasteiger charge is 2.18. The highest BCUT2D eigenvalue weighted by Crippen LogP contribution is 2.04. The van der Waals surface area contributed by atoms with Crippen molar-refractivity contribution in [3.63, 3.8) is 0 Å². The zero-order chi connectivity index (χ0) is 13.2. The average molecular weight is 256 g/mol. The maximum absolute atomic E-state index is 11.9. The molecule has 1 aliphatic heterocycles. The van der Waals surface area contributed by atoms with Crippen molar-refractivity contribution in [2.45, 2.75) is 32.6 Å². The smallest absolute Gasteiger partial charge is 0.317 e. The number of carbonyl (C=O) groups is 1. The van der Waals surface area contributed by atoms with Crippen LogP contribution < -0.4 is 11.1 Å². The monoisotopic (exact) mass is 256 g/mol. The highest BCUT2D eigenvalue weighted by molar-refractivity contribution is 5.74. The Bertz CT molecular complexity index is 235. The number of nitrogens with zero attached hydrogens (tertiary/aromatic N) is 2. The molecule has 1 heterocycles. The van der Waals surface area contributed by atoms with Crippen LogP contribution in [-0.2, 0) is 0 Å². The zero-order valence-corrected chi connectivity index (χ0v) is 11.7. The fraction of sp³-hybridized carbons (Fsp3) is 0.923. The topological polar surface area (TPSA) is 61.6 Å². The predicted octanol–water partition coefficient (Wildman–Crippen LogP) is 0.853. The van der Waals surface area contributed by atoms with Crippen LogP contribution >= 0.6 is 0 Å². The van der Waals surface area contributed by atoms with Gasteiger partial charge >= 0.3 is 6.03 Å². The van der Waals surface area contributed by atoms with E-state index in [2.05, 4.69) is 17.1 Å². The summed E-state index contributed by atoms with van der Waals surface area (Å²) < 4.78 is 0. The van der Waals surface area contributed by atoms with Crippen molar-refractivity contribution in [1.82, 2.24) is 15.1 Å². The summed E-state index contributed by atoms with van der Waals surface area (Å²) in [5.41, 5.74) is 5.53. The Morgan fingerprint density at radius 2 is 2.06 bits per heavy atom. The number of amides is 2. The average Bonchev–Trinajstić information content (AvgIpc) is 2.62. The molecule has 0 atom stereocenters. The first-order valence-corrected chi connectivity index (χ1v) is 7.23. The molecule has 0 unspecified atom stereocenters. The van der Waals surface area contributed by atoms with Gasteiger partial charge in [0.15, 0.2) is 0 Å². The minimum absolute atomic E-state index is 0.101. The molecule has 0 bridgehead atoms. The Balaban J connectivity index is 2.25. The fourth-order valence-corrected chi connectivity index (χ4v) is 2.20. The number of unbranched alkanes of at least 4 members (excludes halogenated alkanes) is 1. The molecular weight excluding hydrogens is 228 g/mol. The molecule has 0 aromatic carbocycles. The molecule has 0 aromatic rings. The van der Waals surface area contributed by atoms with Crippen molar-refractivity contribution in [2.24, 2.45) is 5.73 Å². The normalized spacial score (nSPS) is 17.6. The number of urea groups is 1. The first kappa shape index (κ1) is 15.2.